The predicted molar refractivity (Wildman–Crippen MR) is 109 cm³/mol. The van der Waals surface area contributed by atoms with Crippen molar-refractivity contribution >= 4 is 11.7 Å². The highest BCUT2D eigenvalue weighted by atomic mass is 16.5. The summed E-state index contributed by atoms with van der Waals surface area (Å²) in [6.07, 6.45) is 5.14. The van der Waals surface area contributed by atoms with Gasteiger partial charge in [-0.1, -0.05) is 30.7 Å². The molecule has 1 aliphatic rings. The molecule has 0 fully saturated rings. The molecule has 0 spiro atoms. The first-order valence-electron chi connectivity index (χ1n) is 9.78. The summed E-state index contributed by atoms with van der Waals surface area (Å²) in [6, 6.07) is 5.83. The van der Waals surface area contributed by atoms with E-state index in [4.69, 9.17) is 4.74 Å². The Bertz CT molecular complexity index is 755. The lowest BCUT2D eigenvalue weighted by molar-refractivity contribution is -0.115. The molecule has 0 saturated carbocycles. The summed E-state index contributed by atoms with van der Waals surface area (Å²) in [6.45, 7) is 9.16. The lowest BCUT2D eigenvalue weighted by Crippen LogP contribution is -2.29. The molecule has 0 aliphatic carbocycles. The van der Waals surface area contributed by atoms with Crippen molar-refractivity contribution in [1.82, 2.24) is 5.32 Å². The van der Waals surface area contributed by atoms with Crippen LogP contribution in [0.3, 0.4) is 0 Å². The number of allylic oxidation sites excluding steroid dienone is 1. The van der Waals surface area contributed by atoms with Crippen molar-refractivity contribution in [2.45, 2.75) is 53.4 Å². The van der Waals surface area contributed by atoms with E-state index in [1.807, 2.05) is 52.0 Å². The number of amides is 1. The van der Waals surface area contributed by atoms with Gasteiger partial charge in [-0.2, -0.15) is 0 Å². The summed E-state index contributed by atoms with van der Waals surface area (Å²) in [5.74, 6) is -0.0717. The third-order valence-corrected chi connectivity index (χ3v) is 4.81. The molecule has 1 aromatic rings. The fourth-order valence-electron chi connectivity index (χ4n) is 3.37. The Hall–Kier alpha value is -2.20. The molecule has 0 radical (unpaired) electrons. The van der Waals surface area contributed by atoms with Gasteiger partial charge in [-0.15, -0.1) is 0 Å². The van der Waals surface area contributed by atoms with Gasteiger partial charge in [0.15, 0.2) is 5.78 Å². The second kappa shape index (κ2) is 10.2. The van der Waals surface area contributed by atoms with Crippen molar-refractivity contribution in [3.8, 4) is 0 Å². The van der Waals surface area contributed by atoms with E-state index in [1.54, 1.807) is 0 Å². The van der Waals surface area contributed by atoms with Crippen molar-refractivity contribution in [3.63, 3.8) is 0 Å². The van der Waals surface area contributed by atoms with Gasteiger partial charge in [0.1, 0.15) is 0 Å². The Morgan fingerprint density at radius 3 is 2.74 bits per heavy atom. The van der Waals surface area contributed by atoms with Crippen LogP contribution in [-0.4, -0.2) is 31.4 Å². The van der Waals surface area contributed by atoms with Crippen LogP contribution in [0, 0.1) is 6.92 Å². The van der Waals surface area contributed by atoms with Gasteiger partial charge in [0.05, 0.1) is 6.61 Å². The molecular formula is C23H31NO3. The van der Waals surface area contributed by atoms with Crippen LogP contribution in [-0.2, 0) is 16.0 Å². The molecule has 0 aromatic heterocycles. The molecule has 0 unspecified atom stereocenters. The van der Waals surface area contributed by atoms with Crippen molar-refractivity contribution in [2.24, 2.45) is 0 Å². The van der Waals surface area contributed by atoms with Crippen molar-refractivity contribution < 1.29 is 14.3 Å². The maximum atomic E-state index is 12.9. The van der Waals surface area contributed by atoms with E-state index in [0.717, 1.165) is 41.5 Å². The maximum absolute atomic E-state index is 12.9. The van der Waals surface area contributed by atoms with Gasteiger partial charge < -0.3 is 10.1 Å². The quantitative estimate of drug-likeness (QED) is 0.863. The molecule has 0 bridgehead atoms. The summed E-state index contributed by atoms with van der Waals surface area (Å²) < 4.78 is 5.86. The molecule has 4 heteroatoms. The number of carbonyl (C=O) groups excluding carboxylic acids is 2. The number of Topliss-reactive ketones (excluding diaryl/α,β-unsaturated/α-hetero) is 1. The second-order valence-electron chi connectivity index (χ2n) is 7.30. The summed E-state index contributed by atoms with van der Waals surface area (Å²) in [5.41, 5.74) is 5.54. The fraction of sp³-hybridized carbons (Fsp3) is 0.478. The molecular weight excluding hydrogens is 338 g/mol. The second-order valence-corrected chi connectivity index (χ2v) is 7.30. The van der Waals surface area contributed by atoms with E-state index in [1.165, 1.54) is 0 Å². The Morgan fingerprint density at radius 1 is 1.26 bits per heavy atom. The highest BCUT2D eigenvalue weighted by molar-refractivity contribution is 6.00. The van der Waals surface area contributed by atoms with Crippen LogP contribution in [0.5, 0.6) is 0 Å². The minimum atomic E-state index is -0.119. The largest absolute Gasteiger partial charge is 0.377 e. The van der Waals surface area contributed by atoms with Gasteiger partial charge in [-0.3, -0.25) is 9.59 Å². The lowest BCUT2D eigenvalue weighted by Gasteiger charge is -2.15. The Morgan fingerprint density at radius 2 is 2.04 bits per heavy atom. The van der Waals surface area contributed by atoms with Gasteiger partial charge in [-0.25, -0.2) is 0 Å². The molecule has 2 rings (SSSR count). The van der Waals surface area contributed by atoms with Crippen LogP contribution in [0.15, 0.2) is 41.0 Å². The Balaban J connectivity index is 2.42. The van der Waals surface area contributed by atoms with Crippen LogP contribution in [0.1, 0.15) is 61.5 Å². The van der Waals surface area contributed by atoms with Gasteiger partial charge in [0.2, 0.25) is 0 Å². The summed E-state index contributed by atoms with van der Waals surface area (Å²) in [4.78, 5) is 25.4. The molecule has 27 heavy (non-hydrogen) atoms. The van der Waals surface area contributed by atoms with E-state index in [2.05, 4.69) is 5.32 Å². The number of nitrogens with one attached hydrogen (secondary N) is 1. The number of fused-ring (bicyclic) bond motifs is 1. The SMILES string of the molecule is CCC(=O)/C1=C(\C=C(C)C)COCCCCc2c(C)cccc2C(=O)NC1. The van der Waals surface area contributed by atoms with Crippen molar-refractivity contribution in [3.05, 3.63) is 57.7 Å². The number of rotatable bonds is 3. The molecule has 1 N–H and O–H groups in total. The zero-order valence-electron chi connectivity index (χ0n) is 17.0. The molecule has 0 atom stereocenters. The van der Waals surface area contributed by atoms with Gasteiger partial charge in [-0.05, 0) is 62.8 Å². The van der Waals surface area contributed by atoms with Gasteiger partial charge in [0, 0.05) is 30.7 Å². The minimum Gasteiger partial charge on any atom is -0.377 e. The maximum Gasteiger partial charge on any atom is 0.251 e. The van der Waals surface area contributed by atoms with E-state index < -0.39 is 0 Å². The van der Waals surface area contributed by atoms with Crippen LogP contribution in [0.25, 0.3) is 0 Å². The average Bonchev–Trinajstić information content (AvgIpc) is 2.64. The topological polar surface area (TPSA) is 55.4 Å². The molecule has 1 aliphatic heterocycles. The molecule has 1 heterocycles. The number of aryl methyl sites for hydroxylation is 1. The minimum absolute atomic E-state index is 0.0470. The number of ketones is 1. The normalized spacial score (nSPS) is 19.0. The first-order chi connectivity index (χ1) is 12.9. The Kier molecular flexibility index (Phi) is 7.99. The van der Waals surface area contributed by atoms with Crippen molar-refractivity contribution in [2.75, 3.05) is 19.8 Å². The van der Waals surface area contributed by atoms with E-state index in [9.17, 15) is 9.59 Å². The molecule has 0 saturated heterocycles. The van der Waals surface area contributed by atoms with Crippen LogP contribution >= 0.6 is 0 Å². The van der Waals surface area contributed by atoms with E-state index >= 15 is 0 Å². The summed E-state index contributed by atoms with van der Waals surface area (Å²) >= 11 is 0. The lowest BCUT2D eigenvalue weighted by atomic mass is 9.96. The highest BCUT2D eigenvalue weighted by Gasteiger charge is 2.18. The van der Waals surface area contributed by atoms with E-state index in [-0.39, 0.29) is 18.2 Å². The predicted octanol–water partition coefficient (Wildman–Crippen LogP) is 4.32. The number of hydrogen-bond donors (Lipinski definition) is 1. The monoisotopic (exact) mass is 369 g/mol. The third kappa shape index (κ3) is 5.90. The van der Waals surface area contributed by atoms with Gasteiger partial charge in [0.25, 0.3) is 5.91 Å². The average molecular weight is 370 g/mol. The van der Waals surface area contributed by atoms with Crippen molar-refractivity contribution in [1.29, 1.82) is 0 Å². The third-order valence-electron chi connectivity index (χ3n) is 4.81. The number of hydrogen-bond acceptors (Lipinski definition) is 3. The zero-order valence-corrected chi connectivity index (χ0v) is 17.0. The van der Waals surface area contributed by atoms with Crippen LogP contribution in [0.2, 0.25) is 0 Å². The summed E-state index contributed by atoms with van der Waals surface area (Å²) in [7, 11) is 0. The number of carbonyl (C=O) groups is 2. The first-order valence-corrected chi connectivity index (χ1v) is 9.78. The molecule has 4 nitrogen and oxygen atoms in total. The number of ether oxygens (including phenoxy) is 1. The Labute approximate surface area is 162 Å². The molecule has 1 amide bonds. The fourth-order valence-corrected chi connectivity index (χ4v) is 3.37. The van der Waals surface area contributed by atoms with Crippen LogP contribution in [0.4, 0.5) is 0 Å². The standard InChI is InChI=1S/C23H31NO3/c1-5-22(25)21-14-24-23(26)20-11-8-9-17(4)19(20)10-6-7-12-27-15-18(21)13-16(2)3/h8-9,11,13H,5-7,10,12,14-15H2,1-4H3,(H,24,26)/b21-18+. The number of benzene rings is 1. The summed E-state index contributed by atoms with van der Waals surface area (Å²) in [5, 5.41) is 2.97. The molecule has 146 valence electrons. The highest BCUT2D eigenvalue weighted by Crippen LogP contribution is 2.19. The zero-order chi connectivity index (χ0) is 19.8. The first kappa shape index (κ1) is 21.1. The van der Waals surface area contributed by atoms with Gasteiger partial charge >= 0.3 is 0 Å². The van der Waals surface area contributed by atoms with E-state index in [0.29, 0.717) is 30.8 Å². The smallest absolute Gasteiger partial charge is 0.251 e. The molecule has 1 aromatic carbocycles. The van der Waals surface area contributed by atoms with Crippen LogP contribution < -0.4 is 5.32 Å².